The first-order valence-electron chi connectivity index (χ1n) is 6.55. The molecular weight excluding hydrogens is 200 g/mol. The van der Waals surface area contributed by atoms with Gasteiger partial charge in [-0.1, -0.05) is 40.0 Å². The van der Waals surface area contributed by atoms with E-state index < -0.39 is 0 Å². The molecule has 0 spiro atoms. The van der Waals surface area contributed by atoms with E-state index in [9.17, 15) is 4.79 Å². The number of H-pyrrole nitrogens is 1. The first kappa shape index (κ1) is 13.1. The van der Waals surface area contributed by atoms with Gasteiger partial charge >= 0.3 is 0 Å². The normalized spacial score (nSPS) is 10.9. The summed E-state index contributed by atoms with van der Waals surface area (Å²) in [5.74, 6) is 0. The van der Waals surface area contributed by atoms with Crippen molar-refractivity contribution in [2.75, 3.05) is 0 Å². The highest BCUT2D eigenvalue weighted by atomic mass is 16.1. The molecule has 0 atom stereocenters. The number of aromatic nitrogens is 2. The maximum Gasteiger partial charge on any atom is 0.269 e. The molecule has 0 aliphatic carbocycles. The molecule has 0 radical (unpaired) electrons. The topological polar surface area (TPSA) is 37.8 Å². The fourth-order valence-electron chi connectivity index (χ4n) is 2.01. The van der Waals surface area contributed by atoms with E-state index in [4.69, 9.17) is 0 Å². The number of unbranched alkanes of at least 4 members (excludes halogenated alkanes) is 1. The SMILES string of the molecule is CCCCn1[nH]c(CCC)c(CCC)c1=O. The Balaban J connectivity index is 2.93. The summed E-state index contributed by atoms with van der Waals surface area (Å²) in [4.78, 5) is 12.1. The van der Waals surface area contributed by atoms with Gasteiger partial charge in [-0.05, 0) is 19.3 Å². The Labute approximate surface area is 97.8 Å². The minimum atomic E-state index is 0.207. The molecule has 1 N–H and O–H groups in total. The molecule has 1 aromatic rings. The van der Waals surface area contributed by atoms with Gasteiger partial charge in [-0.15, -0.1) is 0 Å². The van der Waals surface area contributed by atoms with Gasteiger partial charge in [-0.25, -0.2) is 0 Å². The molecule has 0 aliphatic rings. The molecule has 0 saturated heterocycles. The molecule has 3 heteroatoms. The van der Waals surface area contributed by atoms with Crippen molar-refractivity contribution >= 4 is 0 Å². The maximum atomic E-state index is 12.1. The lowest BCUT2D eigenvalue weighted by atomic mass is 10.1. The predicted molar refractivity (Wildman–Crippen MR) is 68.0 cm³/mol. The number of rotatable bonds is 7. The summed E-state index contributed by atoms with van der Waals surface area (Å²) in [5.41, 5.74) is 2.38. The summed E-state index contributed by atoms with van der Waals surface area (Å²) in [6.45, 7) is 7.25. The van der Waals surface area contributed by atoms with Gasteiger partial charge in [0.1, 0.15) is 0 Å². The zero-order valence-corrected chi connectivity index (χ0v) is 10.8. The van der Waals surface area contributed by atoms with E-state index in [-0.39, 0.29) is 5.56 Å². The standard InChI is InChI=1S/C13H24N2O/c1-4-7-10-15-13(16)11(8-5-2)12(14-15)9-6-3/h14H,4-10H2,1-3H3. The Morgan fingerprint density at radius 3 is 2.31 bits per heavy atom. The van der Waals surface area contributed by atoms with Crippen LogP contribution < -0.4 is 5.56 Å². The smallest absolute Gasteiger partial charge is 0.269 e. The summed E-state index contributed by atoms with van der Waals surface area (Å²) in [7, 11) is 0. The average Bonchev–Trinajstić information content (AvgIpc) is 2.56. The summed E-state index contributed by atoms with van der Waals surface area (Å²) < 4.78 is 1.79. The molecule has 0 aromatic carbocycles. The van der Waals surface area contributed by atoms with Crippen molar-refractivity contribution in [3.05, 3.63) is 21.6 Å². The lowest BCUT2D eigenvalue weighted by Crippen LogP contribution is -2.19. The highest BCUT2D eigenvalue weighted by molar-refractivity contribution is 5.17. The third-order valence-electron chi connectivity index (χ3n) is 2.87. The van der Waals surface area contributed by atoms with Gasteiger partial charge < -0.3 is 0 Å². The van der Waals surface area contributed by atoms with E-state index in [2.05, 4.69) is 25.9 Å². The fourth-order valence-corrected chi connectivity index (χ4v) is 2.01. The molecule has 3 nitrogen and oxygen atoms in total. The van der Waals surface area contributed by atoms with Crippen LogP contribution in [0.25, 0.3) is 0 Å². The molecule has 0 saturated carbocycles. The van der Waals surface area contributed by atoms with Crippen molar-refractivity contribution < 1.29 is 0 Å². The van der Waals surface area contributed by atoms with Crippen molar-refractivity contribution in [3.63, 3.8) is 0 Å². The van der Waals surface area contributed by atoms with Crippen LogP contribution in [0.2, 0.25) is 0 Å². The van der Waals surface area contributed by atoms with Gasteiger partial charge in [0, 0.05) is 17.8 Å². The number of nitrogens with one attached hydrogen (secondary N) is 1. The third-order valence-corrected chi connectivity index (χ3v) is 2.87. The maximum absolute atomic E-state index is 12.1. The molecule has 16 heavy (non-hydrogen) atoms. The quantitative estimate of drug-likeness (QED) is 0.759. The van der Waals surface area contributed by atoms with Crippen molar-refractivity contribution in [1.29, 1.82) is 0 Å². The second-order valence-electron chi connectivity index (χ2n) is 4.38. The van der Waals surface area contributed by atoms with Gasteiger partial charge in [0.25, 0.3) is 5.56 Å². The van der Waals surface area contributed by atoms with E-state index in [1.165, 1.54) is 0 Å². The van der Waals surface area contributed by atoms with Gasteiger partial charge in [0.2, 0.25) is 0 Å². The molecular formula is C13H24N2O. The summed E-state index contributed by atoms with van der Waals surface area (Å²) in [6, 6.07) is 0. The Morgan fingerprint density at radius 1 is 1.06 bits per heavy atom. The van der Waals surface area contributed by atoms with Crippen LogP contribution in [0.15, 0.2) is 4.79 Å². The largest absolute Gasteiger partial charge is 0.299 e. The number of hydrogen-bond acceptors (Lipinski definition) is 1. The van der Waals surface area contributed by atoms with E-state index in [1.54, 1.807) is 4.68 Å². The number of nitrogens with zero attached hydrogens (tertiary/aromatic N) is 1. The van der Waals surface area contributed by atoms with Gasteiger partial charge in [0.05, 0.1) is 0 Å². The molecule has 0 unspecified atom stereocenters. The van der Waals surface area contributed by atoms with Crippen molar-refractivity contribution in [2.24, 2.45) is 0 Å². The number of hydrogen-bond donors (Lipinski definition) is 1. The van der Waals surface area contributed by atoms with Crippen LogP contribution in [0.3, 0.4) is 0 Å². The molecule has 1 heterocycles. The zero-order chi connectivity index (χ0) is 12.0. The lowest BCUT2D eigenvalue weighted by Gasteiger charge is -1.99. The van der Waals surface area contributed by atoms with Crippen LogP contribution in [0.4, 0.5) is 0 Å². The average molecular weight is 224 g/mol. The van der Waals surface area contributed by atoms with Crippen LogP contribution >= 0.6 is 0 Å². The van der Waals surface area contributed by atoms with Crippen LogP contribution in [0, 0.1) is 0 Å². The fraction of sp³-hybridized carbons (Fsp3) is 0.769. The third kappa shape index (κ3) is 3.00. The Morgan fingerprint density at radius 2 is 1.75 bits per heavy atom. The number of aryl methyl sites for hydroxylation is 2. The minimum Gasteiger partial charge on any atom is -0.299 e. The van der Waals surface area contributed by atoms with E-state index in [1.807, 2.05) is 0 Å². The van der Waals surface area contributed by atoms with Gasteiger partial charge in [-0.2, -0.15) is 0 Å². The van der Waals surface area contributed by atoms with Crippen molar-refractivity contribution in [2.45, 2.75) is 65.8 Å². The molecule has 0 fully saturated rings. The van der Waals surface area contributed by atoms with Crippen molar-refractivity contribution in [3.8, 4) is 0 Å². The summed E-state index contributed by atoms with van der Waals surface area (Å²) in [6.07, 6.45) is 6.21. The van der Waals surface area contributed by atoms with Crippen LogP contribution in [-0.4, -0.2) is 9.78 Å². The minimum absolute atomic E-state index is 0.207. The highest BCUT2D eigenvalue weighted by Crippen LogP contribution is 2.07. The second kappa shape index (κ2) is 6.56. The van der Waals surface area contributed by atoms with Gasteiger partial charge in [0.15, 0.2) is 0 Å². The molecule has 0 amide bonds. The van der Waals surface area contributed by atoms with Crippen LogP contribution in [0.5, 0.6) is 0 Å². The second-order valence-corrected chi connectivity index (χ2v) is 4.38. The first-order chi connectivity index (χ1) is 7.74. The predicted octanol–water partition coefficient (Wildman–Crippen LogP) is 2.88. The number of aromatic amines is 1. The summed E-state index contributed by atoms with van der Waals surface area (Å²) in [5, 5.41) is 3.27. The molecule has 1 aromatic heterocycles. The van der Waals surface area contributed by atoms with E-state index in [0.717, 1.165) is 56.3 Å². The molecule has 0 bridgehead atoms. The summed E-state index contributed by atoms with van der Waals surface area (Å²) >= 11 is 0. The van der Waals surface area contributed by atoms with Crippen molar-refractivity contribution in [1.82, 2.24) is 9.78 Å². The van der Waals surface area contributed by atoms with Gasteiger partial charge in [-0.3, -0.25) is 14.6 Å². The molecule has 0 aliphatic heterocycles. The Kier molecular flexibility index (Phi) is 5.36. The highest BCUT2D eigenvalue weighted by Gasteiger charge is 2.11. The lowest BCUT2D eigenvalue weighted by molar-refractivity contribution is 0.550. The van der Waals surface area contributed by atoms with E-state index in [0.29, 0.717) is 0 Å². The Hall–Kier alpha value is -0.990. The molecule has 92 valence electrons. The molecule has 1 rings (SSSR count). The Bertz CT molecular complexity index is 362. The van der Waals surface area contributed by atoms with E-state index >= 15 is 0 Å². The van der Waals surface area contributed by atoms with Crippen LogP contribution in [0.1, 0.15) is 57.7 Å². The first-order valence-corrected chi connectivity index (χ1v) is 6.55. The van der Waals surface area contributed by atoms with Crippen LogP contribution in [-0.2, 0) is 19.4 Å². The monoisotopic (exact) mass is 224 g/mol. The zero-order valence-electron chi connectivity index (χ0n) is 10.8.